The van der Waals surface area contributed by atoms with Crippen molar-refractivity contribution in [2.75, 3.05) is 14.1 Å². The van der Waals surface area contributed by atoms with Gasteiger partial charge in [0.25, 0.3) is 0 Å². The molecule has 0 aliphatic heterocycles. The third kappa shape index (κ3) is 2.93. The van der Waals surface area contributed by atoms with E-state index in [0.29, 0.717) is 6.04 Å². The molecule has 1 aliphatic rings. The average Bonchev–Trinajstić information content (AvgIpc) is 2.55. The van der Waals surface area contributed by atoms with Crippen molar-refractivity contribution < 1.29 is 0 Å². The van der Waals surface area contributed by atoms with Gasteiger partial charge < -0.3 is 4.90 Å². The van der Waals surface area contributed by atoms with Crippen LogP contribution in [0.3, 0.4) is 0 Å². The molecule has 2 aromatic rings. The monoisotopic (exact) mass is 276 g/mol. The number of hydrogen-bond acceptors (Lipinski definition) is 1. The lowest BCUT2D eigenvalue weighted by Gasteiger charge is -2.34. The number of allylic oxidation sites excluding steroid dienone is 1. The Morgan fingerprint density at radius 3 is 2.43 bits per heavy atom. The second kappa shape index (κ2) is 6.28. The molecule has 0 saturated heterocycles. The van der Waals surface area contributed by atoms with Gasteiger partial charge >= 0.3 is 0 Å². The van der Waals surface area contributed by atoms with E-state index in [9.17, 15) is 0 Å². The van der Waals surface area contributed by atoms with Gasteiger partial charge in [-0.15, -0.1) is 0 Å². The molecule has 0 heterocycles. The molecule has 2 aromatic carbocycles. The quantitative estimate of drug-likeness (QED) is 0.797. The maximum absolute atomic E-state index is 3.42. The highest BCUT2D eigenvalue weighted by molar-refractivity contribution is 5.93. The molecule has 0 spiro atoms. The molecule has 0 bridgehead atoms. The molecule has 107 valence electrons. The van der Waals surface area contributed by atoms with Crippen molar-refractivity contribution in [3.05, 3.63) is 71.8 Å². The lowest BCUT2D eigenvalue weighted by Crippen LogP contribution is -2.31. The van der Waals surface area contributed by atoms with Gasteiger partial charge in [-0.1, -0.05) is 54.6 Å². The van der Waals surface area contributed by atoms with Crippen LogP contribution in [0.4, 0.5) is 0 Å². The third-order valence-corrected chi connectivity index (χ3v) is 4.31. The van der Waals surface area contributed by atoms with Gasteiger partial charge in [-0.25, -0.2) is 0 Å². The maximum Gasteiger partial charge on any atom is 0.0351 e. The van der Waals surface area contributed by atoms with Crippen LogP contribution < -0.4 is 0 Å². The lowest BCUT2D eigenvalue weighted by atomic mass is 9.80. The van der Waals surface area contributed by atoms with Gasteiger partial charge in [-0.05, 0) is 61.7 Å². The summed E-state index contributed by atoms with van der Waals surface area (Å²) in [6.07, 6.45) is 3.62. The van der Waals surface area contributed by atoms with Crippen molar-refractivity contribution in [3.8, 4) is 0 Å². The van der Waals surface area contributed by atoms with Crippen LogP contribution in [-0.4, -0.2) is 25.0 Å². The Labute approximate surface area is 127 Å². The predicted molar refractivity (Wildman–Crippen MR) is 89.9 cm³/mol. The number of nitrogens with zero attached hydrogens (tertiary/aromatic N) is 1. The topological polar surface area (TPSA) is 3.24 Å². The van der Waals surface area contributed by atoms with Crippen molar-refractivity contribution in [2.45, 2.75) is 25.3 Å². The van der Waals surface area contributed by atoms with Crippen LogP contribution in [0.2, 0.25) is 0 Å². The van der Waals surface area contributed by atoms with Crippen molar-refractivity contribution >= 4 is 11.1 Å². The van der Waals surface area contributed by atoms with Crippen molar-refractivity contribution in [1.29, 1.82) is 0 Å². The van der Waals surface area contributed by atoms with E-state index in [-0.39, 0.29) is 0 Å². The molecule has 21 heavy (non-hydrogen) atoms. The molecule has 1 aliphatic carbocycles. The summed E-state index contributed by atoms with van der Waals surface area (Å²) in [7, 11) is 4.37. The second-order valence-corrected chi connectivity index (χ2v) is 5.91. The van der Waals surface area contributed by atoms with Gasteiger partial charge in [0, 0.05) is 6.04 Å². The summed E-state index contributed by atoms with van der Waals surface area (Å²) < 4.78 is 0. The third-order valence-electron chi connectivity index (χ3n) is 4.31. The van der Waals surface area contributed by atoms with Gasteiger partial charge in [0.05, 0.1) is 0 Å². The van der Waals surface area contributed by atoms with Crippen LogP contribution in [0.5, 0.6) is 0 Å². The highest BCUT2D eigenvalue weighted by Crippen LogP contribution is 2.39. The summed E-state index contributed by atoms with van der Waals surface area (Å²) in [6, 6.07) is 23.1. The van der Waals surface area contributed by atoms with Gasteiger partial charge in [-0.3, -0.25) is 0 Å². The minimum absolute atomic E-state index is 0.491. The Balaban J connectivity index is 2.17. The Morgan fingerprint density at radius 2 is 1.76 bits per heavy atom. The fraction of sp³-hybridized carbons (Fsp3) is 0.300. The number of likely N-dealkylation sites (N-methyl/N-ethyl adjacent to an activating group) is 1. The van der Waals surface area contributed by atoms with Crippen molar-refractivity contribution in [2.24, 2.45) is 0 Å². The highest BCUT2D eigenvalue weighted by Gasteiger charge is 2.26. The predicted octanol–water partition coefficient (Wildman–Crippen LogP) is 4.51. The van der Waals surface area contributed by atoms with E-state index in [4.69, 9.17) is 0 Å². The van der Waals surface area contributed by atoms with Gasteiger partial charge in [0.15, 0.2) is 0 Å². The van der Waals surface area contributed by atoms with Gasteiger partial charge in [-0.2, -0.15) is 0 Å². The largest absolute Gasteiger partial charge is 0.302 e. The Morgan fingerprint density at radius 1 is 1.00 bits per heavy atom. The Bertz CT molecular complexity index is 611. The molecule has 0 fully saturated rings. The number of benzene rings is 2. The smallest absolute Gasteiger partial charge is 0.0351 e. The van der Waals surface area contributed by atoms with E-state index in [0.717, 1.165) is 6.42 Å². The zero-order valence-corrected chi connectivity index (χ0v) is 12.8. The molecule has 1 nitrogen and oxygen atoms in total. The van der Waals surface area contributed by atoms with Crippen molar-refractivity contribution in [1.82, 2.24) is 4.90 Å². The van der Waals surface area contributed by atoms with E-state index >= 15 is 0 Å². The zero-order valence-electron chi connectivity index (χ0n) is 12.8. The van der Waals surface area contributed by atoms with E-state index in [2.05, 4.69) is 67.5 Å². The van der Waals surface area contributed by atoms with E-state index in [1.54, 1.807) is 0 Å². The minimum atomic E-state index is 0.491. The molecule has 0 saturated carbocycles. The van der Waals surface area contributed by atoms with Crippen molar-refractivity contribution in [3.63, 3.8) is 0 Å². The summed E-state index contributed by atoms with van der Waals surface area (Å²) in [5.74, 6) is 0. The second-order valence-electron chi connectivity index (χ2n) is 5.91. The fourth-order valence-corrected chi connectivity index (χ4v) is 3.31. The normalized spacial score (nSPS) is 19.1. The maximum atomic E-state index is 3.42. The molecule has 1 unspecified atom stereocenters. The Hall–Kier alpha value is -1.86. The average molecular weight is 276 g/mol. The van der Waals surface area contributed by atoms with E-state index in [1.165, 1.54) is 35.1 Å². The molecule has 0 N–H and O–H groups in total. The lowest BCUT2D eigenvalue weighted by molar-refractivity contribution is 0.328. The van der Waals surface area contributed by atoms with Crippen LogP contribution in [0.1, 0.15) is 30.4 Å². The fourth-order valence-electron chi connectivity index (χ4n) is 3.31. The van der Waals surface area contributed by atoms with Crippen LogP contribution in [-0.2, 0) is 0 Å². The first-order chi connectivity index (χ1) is 10.3. The summed E-state index contributed by atoms with van der Waals surface area (Å²) in [6.45, 7) is 0. The summed E-state index contributed by atoms with van der Waals surface area (Å²) in [5, 5.41) is 0. The summed E-state index contributed by atoms with van der Waals surface area (Å²) in [4.78, 5) is 2.35. The zero-order chi connectivity index (χ0) is 14.7. The van der Waals surface area contributed by atoms with Gasteiger partial charge in [0.2, 0.25) is 0 Å². The molecular formula is C20H22N. The van der Waals surface area contributed by atoms with Crippen LogP contribution in [0, 0.1) is 6.07 Å². The summed E-state index contributed by atoms with van der Waals surface area (Å²) in [5.41, 5.74) is 5.55. The Kier molecular flexibility index (Phi) is 4.21. The summed E-state index contributed by atoms with van der Waals surface area (Å²) >= 11 is 0. The molecule has 1 radical (unpaired) electrons. The molecule has 1 atom stereocenters. The molecule has 1 heteroatoms. The van der Waals surface area contributed by atoms with Crippen LogP contribution in [0.15, 0.2) is 54.6 Å². The first-order valence-corrected chi connectivity index (χ1v) is 7.69. The highest BCUT2D eigenvalue weighted by atomic mass is 15.1. The minimum Gasteiger partial charge on any atom is -0.302 e. The first-order valence-electron chi connectivity index (χ1n) is 7.69. The molecular weight excluding hydrogens is 254 g/mol. The van der Waals surface area contributed by atoms with E-state index < -0.39 is 0 Å². The van der Waals surface area contributed by atoms with Crippen LogP contribution in [0.25, 0.3) is 11.1 Å². The van der Waals surface area contributed by atoms with Crippen LogP contribution >= 0.6 is 0 Å². The molecule has 0 aromatic heterocycles. The molecule has 0 amide bonds. The van der Waals surface area contributed by atoms with Gasteiger partial charge in [0.1, 0.15) is 0 Å². The number of rotatable bonds is 3. The van der Waals surface area contributed by atoms with E-state index in [1.807, 2.05) is 12.1 Å². The number of hydrogen-bond donors (Lipinski definition) is 0. The standard InChI is InChI=1S/C20H22N/c1-21(2)19-15-9-14-18(16-10-5-3-6-11-16)20(19)17-12-7-4-8-13-17/h3-8,10,12-13,19H,9,14-15H2,1-2H3. The molecule has 3 rings (SSSR count). The first kappa shape index (κ1) is 14.1. The SMILES string of the molecule is CN(C)C1CCCC(c2[c]cccc2)=C1c1ccccc1.